The average Bonchev–Trinajstić information content (AvgIpc) is 2.84. The van der Waals surface area contributed by atoms with E-state index in [2.05, 4.69) is 10.1 Å². The molecule has 6 heteroatoms. The normalized spacial score (nSPS) is 10.9. The molecule has 0 atom stereocenters. The summed E-state index contributed by atoms with van der Waals surface area (Å²) in [5.74, 6) is 0.769. The van der Waals surface area contributed by atoms with Gasteiger partial charge in [-0.1, -0.05) is 12.1 Å². The van der Waals surface area contributed by atoms with Crippen LogP contribution < -0.4 is 10.3 Å². The lowest BCUT2D eigenvalue weighted by molar-refractivity contribution is 0.414. The molecule has 1 aromatic carbocycles. The smallest absolute Gasteiger partial charge is 0.264 e. The standard InChI is InChI=1S/C14H14N4O2/c1-17-13-12(7-16-17)14(19)18(9-15-13)8-10-4-3-5-11(6-10)20-2/h3-7,9H,8H2,1-2H3. The molecule has 0 aliphatic carbocycles. The number of rotatable bonds is 3. The molecule has 0 fully saturated rings. The van der Waals surface area contributed by atoms with Crippen LogP contribution in [-0.2, 0) is 13.6 Å². The third kappa shape index (κ3) is 2.05. The van der Waals surface area contributed by atoms with Crippen LogP contribution in [0.5, 0.6) is 5.75 Å². The monoisotopic (exact) mass is 270 g/mol. The maximum atomic E-state index is 12.3. The third-order valence-electron chi connectivity index (χ3n) is 3.21. The zero-order valence-electron chi connectivity index (χ0n) is 11.3. The predicted octanol–water partition coefficient (Wildman–Crippen LogP) is 1.19. The van der Waals surface area contributed by atoms with Gasteiger partial charge in [-0.25, -0.2) is 4.98 Å². The molecule has 3 rings (SSSR count). The van der Waals surface area contributed by atoms with Crippen molar-refractivity contribution in [2.75, 3.05) is 7.11 Å². The molecule has 0 bridgehead atoms. The van der Waals surface area contributed by atoms with Gasteiger partial charge >= 0.3 is 0 Å². The summed E-state index contributed by atoms with van der Waals surface area (Å²) in [6, 6.07) is 7.62. The van der Waals surface area contributed by atoms with E-state index in [-0.39, 0.29) is 5.56 Å². The molecular formula is C14H14N4O2. The minimum absolute atomic E-state index is 0.0917. The summed E-state index contributed by atoms with van der Waals surface area (Å²) in [5.41, 5.74) is 1.49. The van der Waals surface area contributed by atoms with Gasteiger partial charge < -0.3 is 4.74 Å². The van der Waals surface area contributed by atoms with E-state index in [0.29, 0.717) is 17.6 Å². The summed E-state index contributed by atoms with van der Waals surface area (Å²) in [6.07, 6.45) is 3.10. The van der Waals surface area contributed by atoms with Crippen molar-refractivity contribution in [1.29, 1.82) is 0 Å². The summed E-state index contributed by atoms with van der Waals surface area (Å²) in [4.78, 5) is 16.6. The van der Waals surface area contributed by atoms with Crippen molar-refractivity contribution in [3.63, 3.8) is 0 Å². The molecule has 0 saturated carbocycles. The fourth-order valence-electron chi connectivity index (χ4n) is 2.15. The number of methoxy groups -OCH3 is 1. The second-order valence-corrected chi connectivity index (χ2v) is 4.53. The highest BCUT2D eigenvalue weighted by molar-refractivity contribution is 5.72. The minimum Gasteiger partial charge on any atom is -0.497 e. The van der Waals surface area contributed by atoms with Crippen molar-refractivity contribution >= 4 is 11.0 Å². The Hall–Kier alpha value is -2.63. The molecule has 0 radical (unpaired) electrons. The SMILES string of the molecule is COc1cccc(Cn2cnc3c(cnn3C)c2=O)c1. The average molecular weight is 270 g/mol. The molecule has 0 aliphatic rings. The van der Waals surface area contributed by atoms with E-state index in [4.69, 9.17) is 4.74 Å². The Morgan fingerprint density at radius 3 is 3.00 bits per heavy atom. The first-order chi connectivity index (χ1) is 9.69. The summed E-state index contributed by atoms with van der Waals surface area (Å²) in [7, 11) is 3.38. The number of benzene rings is 1. The number of aryl methyl sites for hydroxylation is 1. The van der Waals surface area contributed by atoms with Gasteiger partial charge in [0.15, 0.2) is 5.65 Å². The van der Waals surface area contributed by atoms with Crippen molar-refractivity contribution in [3.05, 3.63) is 52.7 Å². The molecule has 3 aromatic rings. The Kier molecular flexibility index (Phi) is 2.98. The van der Waals surface area contributed by atoms with Crippen LogP contribution in [0, 0.1) is 0 Å². The Morgan fingerprint density at radius 1 is 1.35 bits per heavy atom. The van der Waals surface area contributed by atoms with Gasteiger partial charge in [-0.15, -0.1) is 0 Å². The first-order valence-electron chi connectivity index (χ1n) is 6.19. The van der Waals surface area contributed by atoms with E-state index in [1.165, 1.54) is 0 Å². The summed E-state index contributed by atoms with van der Waals surface area (Å²) < 4.78 is 8.34. The van der Waals surface area contributed by atoms with Crippen molar-refractivity contribution in [1.82, 2.24) is 19.3 Å². The lowest BCUT2D eigenvalue weighted by atomic mass is 10.2. The molecule has 0 saturated heterocycles. The molecule has 0 aliphatic heterocycles. The zero-order chi connectivity index (χ0) is 14.1. The number of aromatic nitrogens is 4. The van der Waals surface area contributed by atoms with Crippen molar-refractivity contribution in [2.45, 2.75) is 6.54 Å². The van der Waals surface area contributed by atoms with Crippen LogP contribution in [-0.4, -0.2) is 26.4 Å². The number of nitrogens with zero attached hydrogens (tertiary/aromatic N) is 4. The van der Waals surface area contributed by atoms with E-state index in [0.717, 1.165) is 11.3 Å². The van der Waals surface area contributed by atoms with Gasteiger partial charge in [0, 0.05) is 7.05 Å². The van der Waals surface area contributed by atoms with Crippen LogP contribution >= 0.6 is 0 Å². The number of fused-ring (bicyclic) bond motifs is 1. The quantitative estimate of drug-likeness (QED) is 0.717. The zero-order valence-corrected chi connectivity index (χ0v) is 11.3. The van der Waals surface area contributed by atoms with Gasteiger partial charge in [0.05, 0.1) is 19.9 Å². The van der Waals surface area contributed by atoms with E-state index in [1.807, 2.05) is 24.3 Å². The number of hydrogen-bond donors (Lipinski definition) is 0. The first kappa shape index (κ1) is 12.4. The van der Waals surface area contributed by atoms with Gasteiger partial charge in [0.25, 0.3) is 5.56 Å². The fourth-order valence-corrected chi connectivity index (χ4v) is 2.15. The first-order valence-corrected chi connectivity index (χ1v) is 6.19. The summed E-state index contributed by atoms with van der Waals surface area (Å²) in [5, 5.41) is 4.58. The molecule has 0 unspecified atom stereocenters. The van der Waals surface area contributed by atoms with Crippen LogP contribution in [0.3, 0.4) is 0 Å². The molecule has 0 amide bonds. The Balaban J connectivity index is 2.02. The summed E-state index contributed by atoms with van der Waals surface area (Å²) in [6.45, 7) is 0.452. The fraction of sp³-hybridized carbons (Fsp3) is 0.214. The van der Waals surface area contributed by atoms with Crippen LogP contribution in [0.1, 0.15) is 5.56 Å². The predicted molar refractivity (Wildman–Crippen MR) is 74.9 cm³/mol. The van der Waals surface area contributed by atoms with Gasteiger partial charge in [0.2, 0.25) is 0 Å². The van der Waals surface area contributed by atoms with E-state index >= 15 is 0 Å². The highest BCUT2D eigenvalue weighted by Crippen LogP contribution is 2.13. The van der Waals surface area contributed by atoms with Gasteiger partial charge in [-0.2, -0.15) is 5.10 Å². The van der Waals surface area contributed by atoms with Gasteiger partial charge in [-0.05, 0) is 17.7 Å². The number of ether oxygens (including phenoxy) is 1. The van der Waals surface area contributed by atoms with Gasteiger partial charge in [0.1, 0.15) is 17.5 Å². The topological polar surface area (TPSA) is 61.9 Å². The lowest BCUT2D eigenvalue weighted by Gasteiger charge is -2.07. The van der Waals surface area contributed by atoms with Crippen LogP contribution in [0.25, 0.3) is 11.0 Å². The highest BCUT2D eigenvalue weighted by Gasteiger charge is 2.08. The molecule has 0 N–H and O–H groups in total. The Labute approximate surface area is 115 Å². The largest absolute Gasteiger partial charge is 0.497 e. The maximum absolute atomic E-state index is 12.3. The third-order valence-corrected chi connectivity index (χ3v) is 3.21. The van der Waals surface area contributed by atoms with E-state index in [9.17, 15) is 4.79 Å². The van der Waals surface area contributed by atoms with Crippen molar-refractivity contribution < 1.29 is 4.74 Å². The van der Waals surface area contributed by atoms with Crippen molar-refractivity contribution in [2.24, 2.45) is 7.05 Å². The minimum atomic E-state index is -0.0917. The molecule has 6 nitrogen and oxygen atoms in total. The summed E-state index contributed by atoms with van der Waals surface area (Å²) >= 11 is 0. The highest BCUT2D eigenvalue weighted by atomic mass is 16.5. The molecule has 102 valence electrons. The second kappa shape index (κ2) is 4.80. The Morgan fingerprint density at radius 2 is 2.20 bits per heavy atom. The van der Waals surface area contributed by atoms with E-state index in [1.54, 1.807) is 35.9 Å². The molecule has 20 heavy (non-hydrogen) atoms. The van der Waals surface area contributed by atoms with Crippen molar-refractivity contribution in [3.8, 4) is 5.75 Å². The lowest BCUT2D eigenvalue weighted by Crippen LogP contribution is -2.21. The second-order valence-electron chi connectivity index (χ2n) is 4.53. The number of hydrogen-bond acceptors (Lipinski definition) is 4. The maximum Gasteiger partial charge on any atom is 0.264 e. The molecular weight excluding hydrogens is 256 g/mol. The molecule has 0 spiro atoms. The van der Waals surface area contributed by atoms with E-state index < -0.39 is 0 Å². The van der Waals surface area contributed by atoms with Crippen LogP contribution in [0.15, 0.2) is 41.6 Å². The molecule has 2 aromatic heterocycles. The Bertz CT molecular complexity index is 819. The molecule has 2 heterocycles. The van der Waals surface area contributed by atoms with Crippen LogP contribution in [0.4, 0.5) is 0 Å². The van der Waals surface area contributed by atoms with Gasteiger partial charge in [-0.3, -0.25) is 14.0 Å². The van der Waals surface area contributed by atoms with Crippen LogP contribution in [0.2, 0.25) is 0 Å².